The Morgan fingerprint density at radius 3 is 2.78 bits per heavy atom. The number of likely N-dealkylation sites (tertiary alicyclic amines) is 1. The lowest BCUT2D eigenvalue weighted by atomic mass is 9.49. The lowest BCUT2D eigenvalue weighted by Gasteiger charge is -2.63. The molecule has 4 N–H and O–H groups in total. The van der Waals surface area contributed by atoms with Gasteiger partial charge in [-0.05, 0) is 56.2 Å². The number of piperidine rings is 1. The number of fused-ring (bicyclic) bond motifs is 1. The van der Waals surface area contributed by atoms with Crippen LogP contribution in [-0.2, 0) is 16.6 Å². The second-order valence-corrected chi connectivity index (χ2v) is 8.99. The van der Waals surface area contributed by atoms with E-state index in [0.717, 1.165) is 24.6 Å². The number of nitrogens with two attached hydrogens (primary N) is 1. The maximum Gasteiger partial charge on any atom is 0.252 e. The van der Waals surface area contributed by atoms with Gasteiger partial charge in [0.2, 0.25) is 0 Å². The van der Waals surface area contributed by atoms with Gasteiger partial charge in [-0.1, -0.05) is 6.07 Å². The normalized spacial score (nSPS) is 35.4. The van der Waals surface area contributed by atoms with Crippen molar-refractivity contribution in [2.45, 2.75) is 62.0 Å². The molecule has 3 fully saturated rings. The molecule has 0 spiro atoms. The van der Waals surface area contributed by atoms with Gasteiger partial charge in [-0.2, -0.15) is 0 Å². The molecule has 1 aromatic carbocycles. The van der Waals surface area contributed by atoms with E-state index in [-0.39, 0.29) is 29.6 Å². The Morgan fingerprint density at radius 1 is 1.30 bits per heavy atom. The first-order valence-corrected chi connectivity index (χ1v) is 9.99. The summed E-state index contributed by atoms with van der Waals surface area (Å²) < 4.78 is 0. The minimum atomic E-state index is -1.06. The molecule has 4 aliphatic rings. The van der Waals surface area contributed by atoms with Crippen LogP contribution in [0.15, 0.2) is 12.1 Å². The summed E-state index contributed by atoms with van der Waals surface area (Å²) in [7, 11) is 0. The molecule has 0 radical (unpaired) electrons. The molecule has 1 saturated heterocycles. The Kier molecular flexibility index (Phi) is 3.53. The molecular weight excluding hydrogens is 344 g/mol. The van der Waals surface area contributed by atoms with Gasteiger partial charge in [0.1, 0.15) is 11.5 Å². The Balaban J connectivity index is 1.70. The average molecular weight is 370 g/mol. The monoisotopic (exact) mass is 370 g/mol. The number of carbonyl (C=O) groups excluding carboxylic acids is 2. The molecule has 1 heterocycles. The summed E-state index contributed by atoms with van der Waals surface area (Å²) in [4.78, 5) is 26.7. The molecule has 1 aliphatic heterocycles. The van der Waals surface area contributed by atoms with Crippen molar-refractivity contribution in [2.75, 3.05) is 13.1 Å². The topological polar surface area (TPSA) is 104 Å². The first kappa shape index (κ1) is 17.2. The number of hydrogen-bond acceptors (Lipinski definition) is 5. The van der Waals surface area contributed by atoms with Crippen molar-refractivity contribution in [3.8, 4) is 5.75 Å². The number of nitrogens with zero attached hydrogens (tertiary/aromatic N) is 1. The summed E-state index contributed by atoms with van der Waals surface area (Å²) in [6.45, 7) is 1.80. The number of rotatable bonds is 3. The zero-order valence-electron chi connectivity index (χ0n) is 15.4. The zero-order valence-corrected chi connectivity index (χ0v) is 15.4. The van der Waals surface area contributed by atoms with Crippen LogP contribution in [-0.4, -0.2) is 51.5 Å². The zero-order chi connectivity index (χ0) is 19.0. The highest BCUT2D eigenvalue weighted by Crippen LogP contribution is 2.60. The molecule has 0 aromatic heterocycles. The highest BCUT2D eigenvalue weighted by Gasteiger charge is 2.65. The van der Waals surface area contributed by atoms with Crippen LogP contribution in [0.2, 0.25) is 0 Å². The van der Waals surface area contributed by atoms with Gasteiger partial charge in [0, 0.05) is 36.4 Å². The van der Waals surface area contributed by atoms with Crippen molar-refractivity contribution in [3.63, 3.8) is 0 Å². The van der Waals surface area contributed by atoms with Crippen molar-refractivity contribution >= 4 is 11.7 Å². The van der Waals surface area contributed by atoms with Crippen molar-refractivity contribution < 1.29 is 19.8 Å². The summed E-state index contributed by atoms with van der Waals surface area (Å²) >= 11 is 0. The number of primary amides is 1. The van der Waals surface area contributed by atoms with Gasteiger partial charge in [0.25, 0.3) is 5.91 Å². The fourth-order valence-corrected chi connectivity index (χ4v) is 6.05. The summed E-state index contributed by atoms with van der Waals surface area (Å²) in [5.74, 6) is 0.0112. The molecule has 6 nitrogen and oxygen atoms in total. The van der Waals surface area contributed by atoms with E-state index < -0.39 is 16.9 Å². The van der Waals surface area contributed by atoms with Crippen LogP contribution in [0.3, 0.4) is 0 Å². The Labute approximate surface area is 158 Å². The van der Waals surface area contributed by atoms with E-state index in [4.69, 9.17) is 5.73 Å². The number of phenols is 1. The molecule has 1 amide bonds. The Morgan fingerprint density at radius 2 is 2.07 bits per heavy atom. The first-order chi connectivity index (χ1) is 12.9. The smallest absolute Gasteiger partial charge is 0.252 e. The predicted molar refractivity (Wildman–Crippen MR) is 98.5 cm³/mol. The fourth-order valence-electron chi connectivity index (χ4n) is 6.05. The molecular formula is C21H26N2O4. The highest BCUT2D eigenvalue weighted by atomic mass is 16.3. The Hall–Kier alpha value is -1.92. The number of aromatic hydroxyl groups is 1. The fraction of sp³-hybridized carbons (Fsp3) is 0.619. The van der Waals surface area contributed by atoms with Gasteiger partial charge in [-0.15, -0.1) is 0 Å². The van der Waals surface area contributed by atoms with Crippen LogP contribution in [0.25, 0.3) is 0 Å². The third-order valence-electron chi connectivity index (χ3n) is 7.54. The van der Waals surface area contributed by atoms with Crippen LogP contribution in [0, 0.1) is 5.92 Å². The molecule has 2 bridgehead atoms. The predicted octanol–water partition coefficient (Wildman–Crippen LogP) is 1.25. The van der Waals surface area contributed by atoms with Crippen LogP contribution >= 0.6 is 0 Å². The van der Waals surface area contributed by atoms with Gasteiger partial charge in [0.15, 0.2) is 0 Å². The van der Waals surface area contributed by atoms with Crippen LogP contribution in [0.1, 0.15) is 60.0 Å². The standard InChI is InChI=1S/C21H26N2O4/c22-19(26)15-4-3-13-9-16-21(27)6-5-14(24)10-20(21,17(13)18(15)25)7-8-23(16)11-12-1-2-12/h3-4,12,16,25,27H,1-2,5-11H2,(H2,22,26)/t16?,20-,21-/m1/s1. The van der Waals surface area contributed by atoms with E-state index in [1.165, 1.54) is 12.8 Å². The third-order valence-corrected chi connectivity index (χ3v) is 7.54. The summed E-state index contributed by atoms with van der Waals surface area (Å²) in [5.41, 5.74) is 5.16. The minimum Gasteiger partial charge on any atom is -0.507 e. The molecule has 27 heavy (non-hydrogen) atoms. The summed E-state index contributed by atoms with van der Waals surface area (Å²) in [6.07, 6.45) is 4.76. The number of hydrogen-bond donors (Lipinski definition) is 3. The van der Waals surface area contributed by atoms with Crippen LogP contribution in [0.4, 0.5) is 0 Å². The molecule has 144 valence electrons. The van der Waals surface area contributed by atoms with E-state index >= 15 is 0 Å². The molecule has 1 unspecified atom stereocenters. The number of amides is 1. The van der Waals surface area contributed by atoms with E-state index in [1.807, 2.05) is 6.07 Å². The molecule has 3 atom stereocenters. The van der Waals surface area contributed by atoms with E-state index in [0.29, 0.717) is 31.2 Å². The quantitative estimate of drug-likeness (QED) is 0.743. The number of aliphatic hydroxyl groups is 1. The molecule has 1 aromatic rings. The lowest BCUT2D eigenvalue weighted by Crippen LogP contribution is -2.73. The molecule has 3 aliphatic carbocycles. The van der Waals surface area contributed by atoms with Crippen molar-refractivity contribution in [1.82, 2.24) is 4.90 Å². The maximum atomic E-state index is 12.5. The Bertz CT molecular complexity index is 849. The largest absolute Gasteiger partial charge is 0.507 e. The van der Waals surface area contributed by atoms with Gasteiger partial charge < -0.3 is 15.9 Å². The van der Waals surface area contributed by atoms with Gasteiger partial charge >= 0.3 is 0 Å². The number of carbonyl (C=O) groups is 2. The highest BCUT2D eigenvalue weighted by molar-refractivity contribution is 5.96. The van der Waals surface area contributed by atoms with E-state index in [9.17, 15) is 19.8 Å². The number of benzene rings is 1. The lowest BCUT2D eigenvalue weighted by molar-refractivity contribution is -0.173. The van der Waals surface area contributed by atoms with Gasteiger partial charge in [-0.25, -0.2) is 0 Å². The first-order valence-electron chi connectivity index (χ1n) is 9.99. The van der Waals surface area contributed by atoms with E-state index in [1.54, 1.807) is 6.07 Å². The van der Waals surface area contributed by atoms with Crippen LogP contribution in [0.5, 0.6) is 5.75 Å². The summed E-state index contributed by atoms with van der Waals surface area (Å²) in [6, 6.07) is 3.37. The maximum absolute atomic E-state index is 12.5. The van der Waals surface area contributed by atoms with Crippen LogP contribution < -0.4 is 5.73 Å². The molecule has 5 rings (SSSR count). The van der Waals surface area contributed by atoms with Crippen molar-refractivity contribution in [2.24, 2.45) is 11.7 Å². The average Bonchev–Trinajstić information content (AvgIpc) is 3.42. The molecule has 6 heteroatoms. The van der Waals surface area contributed by atoms with Gasteiger partial charge in [-0.3, -0.25) is 14.5 Å². The minimum absolute atomic E-state index is 0.0497. The second-order valence-electron chi connectivity index (χ2n) is 8.99. The molecule has 2 saturated carbocycles. The number of Topliss-reactive ketones (excluding diaryl/α,β-unsaturated/α-hetero) is 1. The third kappa shape index (κ3) is 2.26. The second kappa shape index (κ2) is 5.55. The van der Waals surface area contributed by atoms with Crippen molar-refractivity contribution in [3.05, 3.63) is 28.8 Å². The SMILES string of the molecule is NC(=O)c1ccc2c(c1O)[C@]13CCN(CC4CC4)C(C2)[C@]1(O)CCC(=O)C3. The number of ketones is 1. The van der Waals surface area contributed by atoms with E-state index in [2.05, 4.69) is 4.90 Å². The van der Waals surface area contributed by atoms with Gasteiger partial charge in [0.05, 0.1) is 11.2 Å². The van der Waals surface area contributed by atoms with Crippen molar-refractivity contribution in [1.29, 1.82) is 0 Å². The summed E-state index contributed by atoms with van der Waals surface area (Å²) in [5, 5.41) is 22.9.